The van der Waals surface area contributed by atoms with Gasteiger partial charge in [0.1, 0.15) is 26.0 Å². The van der Waals surface area contributed by atoms with Gasteiger partial charge in [-0.25, -0.2) is 16.8 Å². The number of hydrogen-bond acceptors (Lipinski definition) is 7. The summed E-state index contributed by atoms with van der Waals surface area (Å²) in [7, 11) is -9.90. The summed E-state index contributed by atoms with van der Waals surface area (Å²) in [6, 6.07) is 4.80. The van der Waals surface area contributed by atoms with Gasteiger partial charge in [-0.1, -0.05) is 6.07 Å². The fourth-order valence-electron chi connectivity index (χ4n) is 1.64. The van der Waals surface area contributed by atoms with Crippen molar-refractivity contribution in [1.82, 2.24) is 0 Å². The number of benzene rings is 2. The molecule has 0 unspecified atom stereocenters. The van der Waals surface area contributed by atoms with E-state index >= 15 is 0 Å². The summed E-state index contributed by atoms with van der Waals surface area (Å²) in [6.07, 6.45) is 0. The number of phenolic OH excluding ortho intramolecular Hbond substituents is 1. The van der Waals surface area contributed by atoms with Crippen molar-refractivity contribution in [3.8, 4) is 5.75 Å². The van der Waals surface area contributed by atoms with Gasteiger partial charge in [0.05, 0.1) is 9.79 Å². The molecule has 0 aromatic heterocycles. The second kappa shape index (κ2) is 9.14. The van der Waals surface area contributed by atoms with Crippen molar-refractivity contribution >= 4 is 31.0 Å². The van der Waals surface area contributed by atoms with Gasteiger partial charge in [0, 0.05) is 5.39 Å². The quantitative estimate of drug-likeness (QED) is 0.409. The maximum Gasteiger partial charge on any atom is 1.00 e. The molecule has 0 bridgehead atoms. The first kappa shape index (κ1) is 25.6. The SMILES string of the molecule is O=S(=O)([O-])c1cc(S(=O)(=O)[O-])c2cc(O)ccc2c1.[Na+].[Na+].[Na+]. The van der Waals surface area contributed by atoms with Gasteiger partial charge < -0.3 is 14.2 Å². The molecule has 0 saturated carbocycles. The van der Waals surface area contributed by atoms with Crippen molar-refractivity contribution < 1.29 is 120 Å². The Balaban J connectivity index is 0. The van der Waals surface area contributed by atoms with Crippen LogP contribution in [-0.2, 0) is 20.2 Å². The molecule has 0 fully saturated rings. The van der Waals surface area contributed by atoms with E-state index < -0.39 is 30.0 Å². The molecule has 2 rings (SSSR count). The summed E-state index contributed by atoms with van der Waals surface area (Å²) >= 11 is 0. The van der Waals surface area contributed by atoms with Crippen LogP contribution in [0.15, 0.2) is 40.1 Å². The molecule has 0 radical (unpaired) electrons. The zero-order chi connectivity index (χ0) is 14.4. The summed E-state index contributed by atoms with van der Waals surface area (Å²) in [4.78, 5) is -1.68. The van der Waals surface area contributed by atoms with Crippen LogP contribution in [0.25, 0.3) is 10.8 Å². The van der Waals surface area contributed by atoms with Crippen molar-refractivity contribution in [3.05, 3.63) is 30.3 Å². The molecule has 0 aliphatic carbocycles. The van der Waals surface area contributed by atoms with Crippen molar-refractivity contribution in [3.63, 3.8) is 0 Å². The van der Waals surface area contributed by atoms with E-state index in [-0.39, 0.29) is 105 Å². The molecule has 0 aliphatic heterocycles. The first-order chi connectivity index (χ1) is 8.59. The van der Waals surface area contributed by atoms with Gasteiger partial charge in [0.15, 0.2) is 0 Å². The summed E-state index contributed by atoms with van der Waals surface area (Å²) in [5.74, 6) is -0.296. The number of rotatable bonds is 2. The normalized spacial score (nSPS) is 11.0. The smallest absolute Gasteiger partial charge is 0.744 e. The van der Waals surface area contributed by atoms with Crippen LogP contribution in [-0.4, -0.2) is 31.0 Å². The average molecular weight is 371 g/mol. The standard InChI is InChI=1S/C10H8O7S2.3Na/c11-7-2-1-6-3-8(18(12,13)14)5-10(9(6)4-7)19(15,16)17;;;/h1-5,11H,(H,12,13,14)(H,15,16,17);;;/q;3*+1/p-2. The van der Waals surface area contributed by atoms with Gasteiger partial charge in [-0.3, -0.25) is 0 Å². The topological polar surface area (TPSA) is 135 Å². The molecular weight excluding hydrogens is 365 g/mol. The van der Waals surface area contributed by atoms with Crippen molar-refractivity contribution in [2.24, 2.45) is 0 Å². The number of hydrogen-bond donors (Lipinski definition) is 1. The van der Waals surface area contributed by atoms with Crippen LogP contribution in [0.5, 0.6) is 5.75 Å². The second-order valence-corrected chi connectivity index (χ2v) is 6.46. The average Bonchev–Trinajstić information content (AvgIpc) is 2.24. The van der Waals surface area contributed by atoms with E-state index in [9.17, 15) is 31.0 Å². The van der Waals surface area contributed by atoms with E-state index in [1.165, 1.54) is 12.1 Å². The molecule has 102 valence electrons. The molecule has 0 spiro atoms. The van der Waals surface area contributed by atoms with E-state index in [0.717, 1.165) is 12.1 Å². The summed E-state index contributed by atoms with van der Waals surface area (Å²) in [5.41, 5.74) is 0. The van der Waals surface area contributed by atoms with Crippen LogP contribution < -0.4 is 88.7 Å². The van der Waals surface area contributed by atoms with Gasteiger partial charge in [-0.05, 0) is 29.7 Å². The van der Waals surface area contributed by atoms with E-state index in [1.807, 2.05) is 0 Å². The minimum Gasteiger partial charge on any atom is -0.744 e. The Hall–Kier alpha value is 1.32. The molecule has 22 heavy (non-hydrogen) atoms. The molecule has 12 heteroatoms. The first-order valence-corrected chi connectivity index (χ1v) is 7.59. The maximum absolute atomic E-state index is 11.1. The van der Waals surface area contributed by atoms with Crippen LogP contribution in [0.4, 0.5) is 0 Å². The Bertz CT molecular complexity index is 879. The first-order valence-electron chi connectivity index (χ1n) is 4.77. The summed E-state index contributed by atoms with van der Waals surface area (Å²) in [5, 5.41) is 9.17. The minimum absolute atomic E-state index is 0. The van der Waals surface area contributed by atoms with E-state index in [2.05, 4.69) is 0 Å². The second-order valence-electron chi connectivity index (χ2n) is 3.74. The molecule has 0 aliphatic rings. The number of phenols is 1. The van der Waals surface area contributed by atoms with Crippen LogP contribution in [0.1, 0.15) is 0 Å². The number of aromatic hydroxyl groups is 1. The molecule has 0 saturated heterocycles. The van der Waals surface area contributed by atoms with Gasteiger partial charge in [-0.15, -0.1) is 0 Å². The fourth-order valence-corrected chi connectivity index (χ4v) is 2.96. The van der Waals surface area contributed by atoms with Crippen LogP contribution in [0.3, 0.4) is 0 Å². The molecule has 2 aromatic carbocycles. The zero-order valence-electron chi connectivity index (χ0n) is 12.1. The monoisotopic (exact) mass is 371 g/mol. The molecule has 0 atom stereocenters. The predicted molar refractivity (Wildman–Crippen MR) is 61.5 cm³/mol. The Kier molecular flexibility index (Phi) is 10.6. The Labute approximate surface area is 193 Å². The Morgan fingerprint density at radius 1 is 0.818 bits per heavy atom. The van der Waals surface area contributed by atoms with E-state index in [0.29, 0.717) is 6.07 Å². The maximum atomic E-state index is 11.1. The van der Waals surface area contributed by atoms with Crippen molar-refractivity contribution in [2.75, 3.05) is 0 Å². The van der Waals surface area contributed by atoms with Gasteiger partial charge in [-0.2, -0.15) is 0 Å². The van der Waals surface area contributed by atoms with Crippen LogP contribution in [0, 0.1) is 0 Å². The zero-order valence-corrected chi connectivity index (χ0v) is 19.7. The third kappa shape index (κ3) is 5.99. The van der Waals surface area contributed by atoms with Gasteiger partial charge in [0.2, 0.25) is 0 Å². The molecule has 0 amide bonds. The summed E-state index contributed by atoms with van der Waals surface area (Å²) in [6.45, 7) is 0. The summed E-state index contributed by atoms with van der Waals surface area (Å²) < 4.78 is 66.1. The molecule has 1 N–H and O–H groups in total. The van der Waals surface area contributed by atoms with E-state index in [1.54, 1.807) is 0 Å². The minimum atomic E-state index is -4.99. The molecule has 0 heterocycles. The molecule has 7 nitrogen and oxygen atoms in total. The predicted octanol–water partition coefficient (Wildman–Crippen LogP) is -8.63. The molecular formula is C10H6Na3O7S2+. The third-order valence-electron chi connectivity index (χ3n) is 2.43. The largest absolute Gasteiger partial charge is 1.00 e. The molecule has 2 aromatic rings. The van der Waals surface area contributed by atoms with Crippen molar-refractivity contribution in [2.45, 2.75) is 9.79 Å². The Morgan fingerprint density at radius 3 is 1.82 bits per heavy atom. The van der Waals surface area contributed by atoms with Gasteiger partial charge >= 0.3 is 88.7 Å². The van der Waals surface area contributed by atoms with Gasteiger partial charge in [0.25, 0.3) is 0 Å². The van der Waals surface area contributed by atoms with Crippen LogP contribution >= 0.6 is 0 Å². The Morgan fingerprint density at radius 2 is 1.36 bits per heavy atom. The third-order valence-corrected chi connectivity index (χ3v) is 4.12. The van der Waals surface area contributed by atoms with Crippen molar-refractivity contribution in [1.29, 1.82) is 0 Å². The fraction of sp³-hybridized carbons (Fsp3) is 0. The van der Waals surface area contributed by atoms with Crippen LogP contribution in [0.2, 0.25) is 0 Å². The van der Waals surface area contributed by atoms with E-state index in [4.69, 9.17) is 0 Å². The number of fused-ring (bicyclic) bond motifs is 1.